The number of rotatable bonds is 4. The number of hydrogen-bond acceptors (Lipinski definition) is 0. The molecule has 0 spiro atoms. The molecule has 0 saturated heterocycles. The average Bonchev–Trinajstić information content (AvgIpc) is 2.91. The molecule has 6 rings (SSSR count). The Bertz CT molecular complexity index is 1420. The van der Waals surface area contributed by atoms with Crippen molar-refractivity contribution in [2.75, 3.05) is 0 Å². The van der Waals surface area contributed by atoms with E-state index in [0.29, 0.717) is 0 Å². The quantitative estimate of drug-likeness (QED) is 0.271. The van der Waals surface area contributed by atoms with Crippen LogP contribution in [0.15, 0.2) is 146 Å². The third kappa shape index (κ3) is 3.18. The molecule has 0 aliphatic carbocycles. The van der Waals surface area contributed by atoms with Crippen LogP contribution in [0.1, 0.15) is 0 Å². The summed E-state index contributed by atoms with van der Waals surface area (Å²) >= 11 is 0. The van der Waals surface area contributed by atoms with E-state index in [4.69, 9.17) is 0 Å². The lowest BCUT2D eigenvalue weighted by Gasteiger charge is -2.29. The molecule has 0 aromatic heterocycles. The first-order valence-electron chi connectivity index (χ1n) is 11.4. The van der Waals surface area contributed by atoms with Crippen LogP contribution in [-0.4, -0.2) is 0 Å². The van der Waals surface area contributed by atoms with Gasteiger partial charge in [-0.15, -0.1) is 0 Å². The molecule has 0 amide bonds. The fourth-order valence-corrected chi connectivity index (χ4v) is 9.80. The van der Waals surface area contributed by atoms with E-state index in [9.17, 15) is 0 Å². The maximum atomic E-state index is 2.36. The van der Waals surface area contributed by atoms with Crippen molar-refractivity contribution < 1.29 is 0 Å². The van der Waals surface area contributed by atoms with E-state index in [0.717, 1.165) is 0 Å². The standard InChI is InChI=1S/C32H24P/c1-3-17-27(18-4-1)33(28-19-5-2-6-20-28,31-23-11-15-25-13-7-9-21-29(25)31)32-24-12-16-26-14-8-10-22-30(26)32/h1-24H/q+1. The van der Waals surface area contributed by atoms with Gasteiger partial charge in [-0.2, -0.15) is 0 Å². The van der Waals surface area contributed by atoms with Crippen LogP contribution in [0.2, 0.25) is 0 Å². The van der Waals surface area contributed by atoms with Crippen LogP contribution in [-0.2, 0) is 0 Å². The lowest BCUT2D eigenvalue weighted by molar-refractivity contribution is 1.72. The van der Waals surface area contributed by atoms with Gasteiger partial charge in [-0.25, -0.2) is 0 Å². The third-order valence-corrected chi connectivity index (χ3v) is 10.9. The molecule has 0 atom stereocenters. The van der Waals surface area contributed by atoms with Crippen LogP contribution in [0.5, 0.6) is 0 Å². The molecule has 0 N–H and O–H groups in total. The molecular formula is C32H24P+. The van der Waals surface area contributed by atoms with Crippen molar-refractivity contribution in [3.8, 4) is 0 Å². The molecule has 0 radical (unpaired) electrons. The molecular weight excluding hydrogens is 415 g/mol. The summed E-state index contributed by atoms with van der Waals surface area (Å²) in [5.41, 5.74) is 0. The molecule has 6 aromatic carbocycles. The van der Waals surface area contributed by atoms with E-state index >= 15 is 0 Å². The Labute approximate surface area is 195 Å². The first-order valence-corrected chi connectivity index (χ1v) is 13.1. The summed E-state index contributed by atoms with van der Waals surface area (Å²) < 4.78 is 0. The summed E-state index contributed by atoms with van der Waals surface area (Å²) in [6.07, 6.45) is 0. The largest absolute Gasteiger partial charge is 0.145 e. The lowest BCUT2D eigenvalue weighted by atomic mass is 10.1. The van der Waals surface area contributed by atoms with Crippen molar-refractivity contribution in [2.24, 2.45) is 0 Å². The molecule has 0 bridgehead atoms. The zero-order chi connectivity index (χ0) is 22.1. The first-order chi connectivity index (χ1) is 16.4. The van der Waals surface area contributed by atoms with E-state index in [1.807, 2.05) is 0 Å². The van der Waals surface area contributed by atoms with Gasteiger partial charge in [0, 0.05) is 10.8 Å². The van der Waals surface area contributed by atoms with Gasteiger partial charge < -0.3 is 0 Å². The third-order valence-electron chi connectivity index (χ3n) is 6.54. The van der Waals surface area contributed by atoms with Gasteiger partial charge in [-0.3, -0.25) is 0 Å². The molecule has 0 aliphatic heterocycles. The second-order valence-corrected chi connectivity index (χ2v) is 11.7. The average molecular weight is 440 g/mol. The maximum Gasteiger partial charge on any atom is 0.145 e. The van der Waals surface area contributed by atoms with Gasteiger partial charge >= 0.3 is 0 Å². The molecule has 0 saturated carbocycles. The highest BCUT2D eigenvalue weighted by atomic mass is 31.2. The molecule has 0 aliphatic rings. The molecule has 1 heteroatoms. The van der Waals surface area contributed by atoms with Crippen molar-refractivity contribution in [1.29, 1.82) is 0 Å². The van der Waals surface area contributed by atoms with Gasteiger partial charge in [0.05, 0.1) is 0 Å². The summed E-state index contributed by atoms with van der Waals surface area (Å²) in [6, 6.07) is 53.5. The van der Waals surface area contributed by atoms with Crippen molar-refractivity contribution in [3.63, 3.8) is 0 Å². The highest BCUT2D eigenvalue weighted by Crippen LogP contribution is 2.56. The van der Waals surface area contributed by atoms with Crippen LogP contribution in [0.25, 0.3) is 21.5 Å². The topological polar surface area (TPSA) is 0 Å². The number of benzene rings is 6. The predicted octanol–water partition coefficient (Wildman–Crippen LogP) is 6.61. The summed E-state index contributed by atoms with van der Waals surface area (Å²) in [4.78, 5) is 0. The maximum absolute atomic E-state index is 2.36. The van der Waals surface area contributed by atoms with E-state index in [1.165, 1.54) is 42.8 Å². The zero-order valence-corrected chi connectivity index (χ0v) is 19.2. The van der Waals surface area contributed by atoms with E-state index in [-0.39, 0.29) is 0 Å². The minimum Gasteiger partial charge on any atom is -0.0620 e. The Morgan fingerprint density at radius 3 is 1.12 bits per heavy atom. The number of fused-ring (bicyclic) bond motifs is 2. The number of hydrogen-bond donors (Lipinski definition) is 0. The van der Waals surface area contributed by atoms with Gasteiger partial charge in [0.2, 0.25) is 0 Å². The Balaban J connectivity index is 1.87. The van der Waals surface area contributed by atoms with Crippen LogP contribution in [0, 0.1) is 0 Å². The summed E-state index contributed by atoms with van der Waals surface area (Å²) in [6.45, 7) is 0. The molecule has 33 heavy (non-hydrogen) atoms. The molecule has 0 fully saturated rings. The second-order valence-electron chi connectivity index (χ2n) is 8.34. The Morgan fingerprint density at radius 2 is 0.667 bits per heavy atom. The Kier molecular flexibility index (Phi) is 5.02. The molecule has 0 nitrogen and oxygen atoms in total. The van der Waals surface area contributed by atoms with Gasteiger partial charge in [0.1, 0.15) is 28.5 Å². The predicted molar refractivity (Wildman–Crippen MR) is 146 cm³/mol. The minimum atomic E-state index is -2.20. The van der Waals surface area contributed by atoms with E-state index < -0.39 is 7.26 Å². The molecule has 0 unspecified atom stereocenters. The van der Waals surface area contributed by atoms with Gasteiger partial charge in [-0.1, -0.05) is 109 Å². The normalized spacial score (nSPS) is 11.6. The van der Waals surface area contributed by atoms with Crippen molar-refractivity contribution in [2.45, 2.75) is 0 Å². The van der Waals surface area contributed by atoms with Crippen LogP contribution in [0.4, 0.5) is 0 Å². The van der Waals surface area contributed by atoms with Crippen molar-refractivity contribution >= 4 is 50.0 Å². The second kappa shape index (κ2) is 8.32. The van der Waals surface area contributed by atoms with Crippen LogP contribution >= 0.6 is 7.26 Å². The monoisotopic (exact) mass is 439 g/mol. The van der Waals surface area contributed by atoms with Gasteiger partial charge in [-0.05, 0) is 47.2 Å². The highest BCUT2D eigenvalue weighted by Gasteiger charge is 2.49. The molecule has 156 valence electrons. The minimum absolute atomic E-state index is 1.28. The fraction of sp³-hybridized carbons (Fsp3) is 0. The fourth-order valence-electron chi connectivity index (χ4n) is 5.14. The van der Waals surface area contributed by atoms with Crippen LogP contribution in [0.3, 0.4) is 0 Å². The molecule has 0 heterocycles. The Hall–Kier alpha value is -3.73. The van der Waals surface area contributed by atoms with Crippen molar-refractivity contribution in [1.82, 2.24) is 0 Å². The van der Waals surface area contributed by atoms with Gasteiger partial charge in [0.25, 0.3) is 0 Å². The zero-order valence-electron chi connectivity index (χ0n) is 18.3. The van der Waals surface area contributed by atoms with Gasteiger partial charge in [0.15, 0.2) is 0 Å². The Morgan fingerprint density at radius 1 is 0.303 bits per heavy atom. The SMILES string of the molecule is c1ccc([P+](c2ccccc2)(c2cccc3ccccc23)c2cccc3ccccc23)cc1. The first kappa shape index (κ1) is 19.9. The smallest absolute Gasteiger partial charge is 0.0620 e. The summed E-state index contributed by atoms with van der Waals surface area (Å²) in [5.74, 6) is 0. The van der Waals surface area contributed by atoms with E-state index in [2.05, 4.69) is 146 Å². The van der Waals surface area contributed by atoms with Crippen molar-refractivity contribution in [3.05, 3.63) is 146 Å². The summed E-state index contributed by atoms with van der Waals surface area (Å²) in [5, 5.41) is 10.8. The molecule has 6 aromatic rings. The van der Waals surface area contributed by atoms with Crippen LogP contribution < -0.4 is 21.2 Å². The van der Waals surface area contributed by atoms with E-state index in [1.54, 1.807) is 0 Å². The lowest BCUT2D eigenvalue weighted by Crippen LogP contribution is -2.39. The highest BCUT2D eigenvalue weighted by molar-refractivity contribution is 8.02. The summed E-state index contributed by atoms with van der Waals surface area (Å²) in [7, 11) is -2.20.